The third-order valence-electron chi connectivity index (χ3n) is 4.77. The van der Waals surface area contributed by atoms with Gasteiger partial charge in [0.05, 0.1) is 12.8 Å². The molecule has 1 atom stereocenters. The first-order valence-electron chi connectivity index (χ1n) is 8.66. The Balaban J connectivity index is 1.61. The highest BCUT2D eigenvalue weighted by Crippen LogP contribution is 2.33. The van der Waals surface area contributed by atoms with Crippen molar-refractivity contribution >= 4 is 23.2 Å². The fraction of sp³-hybridized carbons (Fsp3) is 0.556. The van der Waals surface area contributed by atoms with Crippen LogP contribution in [-0.4, -0.2) is 38.6 Å². The zero-order chi connectivity index (χ0) is 16.9. The number of amides is 2. The number of benzene rings is 1. The zero-order valence-electron chi connectivity index (χ0n) is 14.1. The number of carbonyl (C=O) groups is 2. The topological polar surface area (TPSA) is 70.7 Å². The van der Waals surface area contributed by atoms with Crippen LogP contribution in [0, 0.1) is 5.92 Å². The second-order valence-electron chi connectivity index (χ2n) is 6.48. The molecule has 2 aliphatic rings. The largest absolute Gasteiger partial charge is 0.494 e. The summed E-state index contributed by atoms with van der Waals surface area (Å²) in [6, 6.07) is 5.47. The normalized spacial score (nSPS) is 20.5. The first-order valence-corrected chi connectivity index (χ1v) is 8.66. The van der Waals surface area contributed by atoms with Gasteiger partial charge in [0.15, 0.2) is 0 Å². The van der Waals surface area contributed by atoms with Crippen LogP contribution in [-0.2, 0) is 9.59 Å². The van der Waals surface area contributed by atoms with Crippen LogP contribution >= 0.6 is 0 Å². The van der Waals surface area contributed by atoms with Crippen LogP contribution in [0.15, 0.2) is 18.2 Å². The van der Waals surface area contributed by atoms with Crippen molar-refractivity contribution in [3.8, 4) is 5.75 Å². The van der Waals surface area contributed by atoms with E-state index in [-0.39, 0.29) is 11.8 Å². The van der Waals surface area contributed by atoms with E-state index in [0.717, 1.165) is 44.6 Å². The van der Waals surface area contributed by atoms with E-state index in [1.807, 2.05) is 12.1 Å². The predicted molar refractivity (Wildman–Crippen MR) is 93.4 cm³/mol. The lowest BCUT2D eigenvalue weighted by molar-refractivity contribution is -0.117. The number of hydrogen-bond donors (Lipinski definition) is 2. The third-order valence-corrected chi connectivity index (χ3v) is 4.77. The van der Waals surface area contributed by atoms with Gasteiger partial charge in [-0.2, -0.15) is 0 Å². The van der Waals surface area contributed by atoms with Crippen molar-refractivity contribution in [1.82, 2.24) is 5.32 Å². The quantitative estimate of drug-likeness (QED) is 0.838. The van der Waals surface area contributed by atoms with Gasteiger partial charge in [-0.15, -0.1) is 0 Å². The average Bonchev–Trinajstić information content (AvgIpc) is 3.24. The van der Waals surface area contributed by atoms with E-state index in [2.05, 4.69) is 10.6 Å². The molecule has 3 rings (SSSR count). The molecule has 0 bridgehead atoms. The lowest BCUT2D eigenvalue weighted by Crippen LogP contribution is -2.24. The summed E-state index contributed by atoms with van der Waals surface area (Å²) < 4.78 is 5.42. The Morgan fingerprint density at radius 2 is 2.33 bits per heavy atom. The number of ether oxygens (including phenoxy) is 1. The Morgan fingerprint density at radius 3 is 3.00 bits per heavy atom. The van der Waals surface area contributed by atoms with Crippen LogP contribution in [0.1, 0.15) is 32.1 Å². The molecule has 2 amide bonds. The fourth-order valence-electron chi connectivity index (χ4n) is 3.40. The summed E-state index contributed by atoms with van der Waals surface area (Å²) >= 11 is 0. The number of rotatable bonds is 6. The summed E-state index contributed by atoms with van der Waals surface area (Å²) in [4.78, 5) is 25.8. The van der Waals surface area contributed by atoms with Crippen LogP contribution in [0.25, 0.3) is 0 Å². The summed E-state index contributed by atoms with van der Waals surface area (Å²) in [5.41, 5.74) is 1.48. The van der Waals surface area contributed by atoms with E-state index in [1.54, 1.807) is 18.1 Å². The molecule has 1 aromatic carbocycles. The van der Waals surface area contributed by atoms with E-state index in [4.69, 9.17) is 4.74 Å². The molecule has 0 saturated carbocycles. The maximum Gasteiger partial charge on any atom is 0.227 e. The maximum absolute atomic E-state index is 12.1. The van der Waals surface area contributed by atoms with Crippen LogP contribution in [0.2, 0.25) is 0 Å². The number of hydrogen-bond acceptors (Lipinski definition) is 4. The van der Waals surface area contributed by atoms with E-state index < -0.39 is 0 Å². The molecule has 24 heavy (non-hydrogen) atoms. The molecule has 6 heteroatoms. The monoisotopic (exact) mass is 331 g/mol. The minimum absolute atomic E-state index is 0.0222. The number of anilines is 2. The van der Waals surface area contributed by atoms with E-state index in [0.29, 0.717) is 30.2 Å². The second kappa shape index (κ2) is 7.66. The van der Waals surface area contributed by atoms with E-state index in [9.17, 15) is 9.59 Å². The molecule has 1 aromatic rings. The van der Waals surface area contributed by atoms with E-state index in [1.165, 1.54) is 0 Å². The van der Waals surface area contributed by atoms with Gasteiger partial charge >= 0.3 is 0 Å². The summed E-state index contributed by atoms with van der Waals surface area (Å²) in [5, 5.41) is 6.24. The average molecular weight is 331 g/mol. The molecule has 130 valence electrons. The Kier molecular flexibility index (Phi) is 5.35. The summed E-state index contributed by atoms with van der Waals surface area (Å²) in [6.45, 7) is 2.79. The summed E-state index contributed by atoms with van der Waals surface area (Å²) in [5.74, 6) is 1.36. The van der Waals surface area contributed by atoms with Crippen molar-refractivity contribution in [2.75, 3.05) is 37.0 Å². The summed E-state index contributed by atoms with van der Waals surface area (Å²) in [6.07, 6.45) is 4.05. The molecule has 6 nitrogen and oxygen atoms in total. The minimum atomic E-state index is 0.0222. The second-order valence-corrected chi connectivity index (χ2v) is 6.48. The maximum atomic E-state index is 12.1. The lowest BCUT2D eigenvalue weighted by Gasteiger charge is -2.19. The third kappa shape index (κ3) is 3.87. The Hall–Kier alpha value is -2.08. The minimum Gasteiger partial charge on any atom is -0.494 e. The number of nitrogens with zero attached hydrogens (tertiary/aromatic N) is 1. The van der Waals surface area contributed by atoms with E-state index >= 15 is 0 Å². The Labute approximate surface area is 142 Å². The van der Waals surface area contributed by atoms with Crippen LogP contribution in [0.3, 0.4) is 0 Å². The number of carbonyl (C=O) groups excluding carboxylic acids is 2. The van der Waals surface area contributed by atoms with Crippen LogP contribution in [0.5, 0.6) is 5.75 Å². The standard InChI is InChI=1S/C18H25N3O3/c1-24-16-11-14(5-6-15(16)21-10-2-3-18(21)23)20-17(22)7-4-13-8-9-19-12-13/h5-6,11,13,19H,2-4,7-10,12H2,1H3,(H,20,22). The highest BCUT2D eigenvalue weighted by molar-refractivity contribution is 5.97. The van der Waals surface area contributed by atoms with Gasteiger partial charge < -0.3 is 20.3 Å². The van der Waals surface area contributed by atoms with Gasteiger partial charge in [-0.3, -0.25) is 9.59 Å². The van der Waals surface area contributed by atoms with Gasteiger partial charge in [-0.25, -0.2) is 0 Å². The number of nitrogens with one attached hydrogen (secondary N) is 2. The van der Waals surface area contributed by atoms with Crippen molar-refractivity contribution in [2.45, 2.75) is 32.1 Å². The molecular weight excluding hydrogens is 306 g/mol. The molecule has 2 saturated heterocycles. The molecule has 2 heterocycles. The highest BCUT2D eigenvalue weighted by atomic mass is 16.5. The van der Waals surface area contributed by atoms with Gasteiger partial charge in [0.25, 0.3) is 0 Å². The molecular formula is C18H25N3O3. The van der Waals surface area contributed by atoms with Crippen molar-refractivity contribution in [2.24, 2.45) is 5.92 Å². The Bertz CT molecular complexity index is 612. The molecule has 0 spiro atoms. The van der Waals surface area contributed by atoms with Crippen LogP contribution in [0.4, 0.5) is 11.4 Å². The van der Waals surface area contributed by atoms with Crippen molar-refractivity contribution < 1.29 is 14.3 Å². The van der Waals surface area contributed by atoms with Gasteiger partial charge in [0.2, 0.25) is 11.8 Å². The first-order chi connectivity index (χ1) is 11.7. The van der Waals surface area contributed by atoms with Gasteiger partial charge in [-0.1, -0.05) is 0 Å². The van der Waals surface area contributed by atoms with Gasteiger partial charge in [0, 0.05) is 31.1 Å². The summed E-state index contributed by atoms with van der Waals surface area (Å²) in [7, 11) is 1.58. The van der Waals surface area contributed by atoms with Gasteiger partial charge in [0.1, 0.15) is 5.75 Å². The molecule has 0 aliphatic carbocycles. The van der Waals surface area contributed by atoms with Gasteiger partial charge in [-0.05, 0) is 50.4 Å². The van der Waals surface area contributed by atoms with Crippen LogP contribution < -0.4 is 20.3 Å². The van der Waals surface area contributed by atoms with Crippen molar-refractivity contribution in [1.29, 1.82) is 0 Å². The zero-order valence-corrected chi connectivity index (χ0v) is 14.1. The highest BCUT2D eigenvalue weighted by Gasteiger charge is 2.24. The molecule has 0 aromatic heterocycles. The smallest absolute Gasteiger partial charge is 0.227 e. The molecule has 2 fully saturated rings. The lowest BCUT2D eigenvalue weighted by atomic mass is 10.0. The first kappa shape index (κ1) is 16.8. The molecule has 2 aliphatic heterocycles. The molecule has 1 unspecified atom stereocenters. The Morgan fingerprint density at radius 1 is 1.46 bits per heavy atom. The SMILES string of the molecule is COc1cc(NC(=O)CCC2CCNC2)ccc1N1CCCC1=O. The predicted octanol–water partition coefficient (Wildman–Crippen LogP) is 2.15. The molecule has 0 radical (unpaired) electrons. The van der Waals surface area contributed by atoms with Crippen molar-refractivity contribution in [3.63, 3.8) is 0 Å². The molecule has 2 N–H and O–H groups in total. The van der Waals surface area contributed by atoms with Crippen molar-refractivity contribution in [3.05, 3.63) is 18.2 Å². The number of methoxy groups -OCH3 is 1. The fourth-order valence-corrected chi connectivity index (χ4v) is 3.40.